The third kappa shape index (κ3) is 3.42. The minimum absolute atomic E-state index is 0.0503. The van der Waals surface area contributed by atoms with Crippen molar-refractivity contribution in [2.45, 2.75) is 9.96 Å². The van der Waals surface area contributed by atoms with Gasteiger partial charge in [-0.15, -0.1) is 23.1 Å². The molecule has 1 aromatic heterocycles. The highest BCUT2D eigenvalue weighted by Gasteiger charge is 2.09. The maximum Gasteiger partial charge on any atom is 0.173 e. The van der Waals surface area contributed by atoms with Gasteiger partial charge in [0.2, 0.25) is 0 Å². The first kappa shape index (κ1) is 13.8. The lowest BCUT2D eigenvalue weighted by molar-refractivity contribution is 0.318. The van der Waals surface area contributed by atoms with Crippen molar-refractivity contribution in [1.29, 1.82) is 0 Å². The van der Waals surface area contributed by atoms with E-state index in [1.807, 2.05) is 18.2 Å². The minimum Gasteiger partial charge on any atom is -0.496 e. The molecule has 0 amide bonds. The van der Waals surface area contributed by atoms with Crippen molar-refractivity contribution in [1.82, 2.24) is 0 Å². The van der Waals surface area contributed by atoms with E-state index in [0.29, 0.717) is 11.3 Å². The summed E-state index contributed by atoms with van der Waals surface area (Å²) in [5.74, 6) is 1.52. The van der Waals surface area contributed by atoms with Crippen LogP contribution in [0, 0.1) is 0 Å². The maximum atomic E-state index is 8.71. The number of ether oxygens (including phenoxy) is 1. The Kier molecular flexibility index (Phi) is 4.70. The number of oxime groups is 1. The molecule has 100 valence electrons. The van der Waals surface area contributed by atoms with Gasteiger partial charge in [-0.25, -0.2) is 0 Å². The van der Waals surface area contributed by atoms with Crippen molar-refractivity contribution in [3.05, 3.63) is 46.8 Å². The van der Waals surface area contributed by atoms with Gasteiger partial charge in [0.25, 0.3) is 0 Å². The van der Waals surface area contributed by atoms with Gasteiger partial charge >= 0.3 is 0 Å². The fraction of sp³-hybridized carbons (Fsp3) is 0.154. The van der Waals surface area contributed by atoms with Gasteiger partial charge in [-0.05, 0) is 29.1 Å². The van der Waals surface area contributed by atoms with Crippen LogP contribution >= 0.6 is 23.1 Å². The molecule has 0 spiro atoms. The summed E-state index contributed by atoms with van der Waals surface area (Å²) in [5, 5.41) is 13.8. The van der Waals surface area contributed by atoms with Crippen molar-refractivity contribution in [3.63, 3.8) is 0 Å². The number of nitrogens with two attached hydrogens (primary N) is 1. The summed E-state index contributed by atoms with van der Waals surface area (Å²) in [4.78, 5) is 0. The molecule has 0 atom stereocenters. The van der Waals surface area contributed by atoms with Crippen molar-refractivity contribution in [2.75, 3.05) is 7.11 Å². The Morgan fingerprint density at radius 3 is 2.95 bits per heavy atom. The number of benzene rings is 1. The number of hydrogen-bond donors (Lipinski definition) is 2. The average Bonchev–Trinajstić information content (AvgIpc) is 2.97. The van der Waals surface area contributed by atoms with Gasteiger partial charge in [-0.2, -0.15) is 0 Å². The molecule has 2 aromatic rings. The molecule has 0 aliphatic heterocycles. The topological polar surface area (TPSA) is 67.8 Å². The Labute approximate surface area is 119 Å². The van der Waals surface area contributed by atoms with Crippen LogP contribution in [0.5, 0.6) is 5.75 Å². The van der Waals surface area contributed by atoms with Crippen LogP contribution < -0.4 is 10.5 Å². The Morgan fingerprint density at radius 2 is 2.32 bits per heavy atom. The zero-order valence-corrected chi connectivity index (χ0v) is 12.0. The number of rotatable bonds is 5. The summed E-state index contributed by atoms with van der Waals surface area (Å²) in [5.41, 5.74) is 7.31. The molecule has 2 rings (SSSR count). The molecular weight excluding hydrogens is 280 g/mol. The first-order valence-electron chi connectivity index (χ1n) is 5.55. The first-order chi connectivity index (χ1) is 9.24. The van der Waals surface area contributed by atoms with Crippen LogP contribution in [0.3, 0.4) is 0 Å². The third-order valence-corrected chi connectivity index (χ3v) is 4.73. The van der Waals surface area contributed by atoms with E-state index in [4.69, 9.17) is 15.7 Å². The second-order valence-electron chi connectivity index (χ2n) is 3.74. The highest BCUT2D eigenvalue weighted by Crippen LogP contribution is 2.29. The van der Waals surface area contributed by atoms with E-state index >= 15 is 0 Å². The molecule has 3 N–H and O–H groups in total. The van der Waals surface area contributed by atoms with E-state index in [1.165, 1.54) is 4.21 Å². The first-order valence-corrected chi connectivity index (χ1v) is 7.42. The fourth-order valence-corrected chi connectivity index (χ4v) is 3.32. The largest absolute Gasteiger partial charge is 0.496 e. The molecular formula is C13H14N2O2S2. The summed E-state index contributed by atoms with van der Waals surface area (Å²) >= 11 is 3.49. The predicted molar refractivity (Wildman–Crippen MR) is 79.4 cm³/mol. The average molecular weight is 294 g/mol. The van der Waals surface area contributed by atoms with E-state index in [2.05, 4.69) is 16.6 Å². The molecule has 6 heteroatoms. The van der Waals surface area contributed by atoms with Crippen LogP contribution in [0.15, 0.2) is 45.1 Å². The molecule has 0 aliphatic rings. The molecule has 0 radical (unpaired) electrons. The van der Waals surface area contributed by atoms with E-state index in [0.717, 1.165) is 11.3 Å². The third-order valence-electron chi connectivity index (χ3n) is 2.53. The van der Waals surface area contributed by atoms with Gasteiger partial charge in [-0.3, -0.25) is 0 Å². The lowest BCUT2D eigenvalue weighted by Gasteiger charge is -2.09. The summed E-state index contributed by atoms with van der Waals surface area (Å²) < 4.78 is 6.54. The van der Waals surface area contributed by atoms with Crippen molar-refractivity contribution in [2.24, 2.45) is 10.9 Å². The number of amidine groups is 1. The lowest BCUT2D eigenvalue weighted by atomic mass is 10.1. The van der Waals surface area contributed by atoms with Crippen molar-refractivity contribution in [3.8, 4) is 5.75 Å². The van der Waals surface area contributed by atoms with Crippen LogP contribution in [-0.2, 0) is 5.75 Å². The molecule has 0 fully saturated rings. The second-order valence-corrected chi connectivity index (χ2v) is 5.96. The molecule has 0 saturated heterocycles. The van der Waals surface area contributed by atoms with Gasteiger partial charge in [-0.1, -0.05) is 17.3 Å². The Balaban J connectivity index is 2.15. The van der Waals surface area contributed by atoms with Crippen LogP contribution in [0.1, 0.15) is 11.1 Å². The minimum atomic E-state index is 0.0503. The standard InChI is InChI=1S/C13H14N2O2S2/c1-17-11-7-9(4-5-10(11)13(14)15-16)8-19-12-3-2-6-18-12/h2-7,16H,8H2,1H3,(H2,14,15). The quantitative estimate of drug-likeness (QED) is 0.292. The van der Waals surface area contributed by atoms with Crippen molar-refractivity contribution < 1.29 is 9.94 Å². The van der Waals surface area contributed by atoms with Gasteiger partial charge in [0.05, 0.1) is 16.9 Å². The Morgan fingerprint density at radius 1 is 1.47 bits per heavy atom. The second kappa shape index (κ2) is 6.49. The summed E-state index contributed by atoms with van der Waals surface area (Å²) in [6.07, 6.45) is 0. The molecule has 19 heavy (non-hydrogen) atoms. The summed E-state index contributed by atoms with van der Waals surface area (Å²) in [6, 6.07) is 9.80. The normalized spacial score (nSPS) is 11.5. The van der Waals surface area contributed by atoms with E-state index in [1.54, 1.807) is 36.3 Å². The molecule has 0 unspecified atom stereocenters. The summed E-state index contributed by atoms with van der Waals surface area (Å²) in [6.45, 7) is 0. The van der Waals surface area contributed by atoms with Gasteiger partial charge in [0.15, 0.2) is 5.84 Å². The van der Waals surface area contributed by atoms with Crippen LogP contribution in [-0.4, -0.2) is 18.2 Å². The highest BCUT2D eigenvalue weighted by molar-refractivity contribution is 8.00. The van der Waals surface area contributed by atoms with Gasteiger partial charge in [0.1, 0.15) is 5.75 Å². The SMILES string of the molecule is COc1cc(CSc2cccs2)ccc1/C(N)=N/O. The van der Waals surface area contributed by atoms with E-state index < -0.39 is 0 Å². The van der Waals surface area contributed by atoms with E-state index in [-0.39, 0.29) is 5.84 Å². The van der Waals surface area contributed by atoms with Crippen LogP contribution in [0.4, 0.5) is 0 Å². The monoisotopic (exact) mass is 294 g/mol. The van der Waals surface area contributed by atoms with Crippen molar-refractivity contribution >= 4 is 28.9 Å². The highest BCUT2D eigenvalue weighted by atomic mass is 32.2. The number of methoxy groups -OCH3 is 1. The Bertz CT molecular complexity index is 568. The summed E-state index contributed by atoms with van der Waals surface area (Å²) in [7, 11) is 1.57. The molecule has 0 bridgehead atoms. The molecule has 1 aromatic carbocycles. The Hall–Kier alpha value is -1.66. The zero-order chi connectivity index (χ0) is 13.7. The van der Waals surface area contributed by atoms with Gasteiger partial charge in [0, 0.05) is 5.75 Å². The fourth-order valence-electron chi connectivity index (χ4n) is 1.59. The van der Waals surface area contributed by atoms with Gasteiger partial charge < -0.3 is 15.7 Å². The number of thiophene rings is 1. The van der Waals surface area contributed by atoms with Crippen LogP contribution in [0.25, 0.3) is 0 Å². The predicted octanol–water partition coefficient (Wildman–Crippen LogP) is 3.14. The van der Waals surface area contributed by atoms with E-state index in [9.17, 15) is 0 Å². The lowest BCUT2D eigenvalue weighted by Crippen LogP contribution is -2.14. The van der Waals surface area contributed by atoms with Crippen LogP contribution in [0.2, 0.25) is 0 Å². The maximum absolute atomic E-state index is 8.71. The molecule has 1 heterocycles. The number of thioether (sulfide) groups is 1. The molecule has 0 saturated carbocycles. The number of hydrogen-bond acceptors (Lipinski definition) is 5. The number of nitrogens with zero attached hydrogens (tertiary/aromatic N) is 1. The molecule has 0 aliphatic carbocycles. The zero-order valence-electron chi connectivity index (χ0n) is 10.4. The molecule has 4 nitrogen and oxygen atoms in total. The smallest absolute Gasteiger partial charge is 0.173 e.